The van der Waals surface area contributed by atoms with E-state index in [1.165, 1.54) is 5.56 Å². The maximum atomic E-state index is 12.4. The minimum absolute atomic E-state index is 0.0572. The molecule has 0 saturated carbocycles. The van der Waals surface area contributed by atoms with Gasteiger partial charge in [0.25, 0.3) is 11.8 Å². The van der Waals surface area contributed by atoms with Crippen molar-refractivity contribution in [2.75, 3.05) is 25.5 Å². The van der Waals surface area contributed by atoms with Crippen LogP contribution in [0.5, 0.6) is 0 Å². The van der Waals surface area contributed by atoms with Crippen molar-refractivity contribution in [3.05, 3.63) is 64.7 Å². The van der Waals surface area contributed by atoms with E-state index in [1.807, 2.05) is 65.1 Å². The molecule has 1 unspecified atom stereocenters. The summed E-state index contributed by atoms with van der Waals surface area (Å²) in [5.74, 6) is -0.161. The molecule has 0 aliphatic heterocycles. The van der Waals surface area contributed by atoms with Crippen LogP contribution >= 0.6 is 0 Å². The molecule has 27 heavy (non-hydrogen) atoms. The summed E-state index contributed by atoms with van der Waals surface area (Å²) >= 11 is 0. The molecule has 0 aliphatic rings. The summed E-state index contributed by atoms with van der Waals surface area (Å²) in [5.41, 5.74) is 5.20. The maximum Gasteiger partial charge on any atom is 0.279 e. The smallest absolute Gasteiger partial charge is 0.279 e. The van der Waals surface area contributed by atoms with E-state index in [0.29, 0.717) is 0 Å². The largest absolute Gasteiger partial charge is 0.345 e. The molecule has 0 heterocycles. The molecule has 0 radical (unpaired) electrons. The number of amides is 2. The average molecular weight is 369 g/mol. The first-order valence-corrected chi connectivity index (χ1v) is 9.29. The van der Waals surface area contributed by atoms with E-state index in [2.05, 4.69) is 22.8 Å². The molecule has 0 aromatic heterocycles. The molecule has 144 valence electrons. The number of carbonyl (C=O) groups is 2. The van der Waals surface area contributed by atoms with E-state index in [9.17, 15) is 9.59 Å². The van der Waals surface area contributed by atoms with Crippen LogP contribution in [0.15, 0.2) is 42.5 Å². The van der Waals surface area contributed by atoms with Gasteiger partial charge < -0.3 is 15.5 Å². The Labute approximate surface area is 161 Å². The first kappa shape index (κ1) is 20.6. The van der Waals surface area contributed by atoms with E-state index < -0.39 is 0 Å². The lowest BCUT2D eigenvalue weighted by Crippen LogP contribution is -3.11. The number of nitrogens with one attached hydrogen (secondary N) is 3. The lowest BCUT2D eigenvalue weighted by molar-refractivity contribution is -0.862. The van der Waals surface area contributed by atoms with E-state index in [1.54, 1.807) is 0 Å². The Morgan fingerprint density at radius 2 is 1.52 bits per heavy atom. The van der Waals surface area contributed by atoms with Crippen LogP contribution in [0.2, 0.25) is 0 Å². The third-order valence-electron chi connectivity index (χ3n) is 4.54. The number of rotatable bonds is 7. The summed E-state index contributed by atoms with van der Waals surface area (Å²) in [6.45, 7) is 8.46. The minimum atomic E-state index is -0.0912. The number of quaternary nitrogens is 1. The third-order valence-corrected chi connectivity index (χ3v) is 4.54. The topological polar surface area (TPSA) is 62.6 Å². The predicted octanol–water partition coefficient (Wildman–Crippen LogP) is 1.94. The van der Waals surface area contributed by atoms with Crippen LogP contribution in [-0.4, -0.2) is 32.0 Å². The summed E-state index contributed by atoms with van der Waals surface area (Å²) in [5, 5.41) is 5.97. The van der Waals surface area contributed by atoms with Crippen molar-refractivity contribution in [3.63, 3.8) is 0 Å². The summed E-state index contributed by atoms with van der Waals surface area (Å²) < 4.78 is 0. The zero-order valence-electron chi connectivity index (χ0n) is 16.8. The van der Waals surface area contributed by atoms with E-state index in [-0.39, 0.29) is 30.9 Å². The monoisotopic (exact) mass is 368 g/mol. The Hall–Kier alpha value is -2.66. The van der Waals surface area contributed by atoms with E-state index in [4.69, 9.17) is 0 Å². The quantitative estimate of drug-likeness (QED) is 0.699. The van der Waals surface area contributed by atoms with Crippen LogP contribution < -0.4 is 15.5 Å². The second-order valence-corrected chi connectivity index (χ2v) is 7.33. The number of benzene rings is 2. The Kier molecular flexibility index (Phi) is 7.13. The highest BCUT2D eigenvalue weighted by atomic mass is 16.2. The van der Waals surface area contributed by atoms with Crippen molar-refractivity contribution >= 4 is 17.5 Å². The van der Waals surface area contributed by atoms with Gasteiger partial charge in [0, 0.05) is 5.69 Å². The Morgan fingerprint density at radius 3 is 2.11 bits per heavy atom. The summed E-state index contributed by atoms with van der Waals surface area (Å²) in [6, 6.07) is 13.9. The lowest BCUT2D eigenvalue weighted by Gasteiger charge is -2.18. The van der Waals surface area contributed by atoms with Gasteiger partial charge >= 0.3 is 0 Å². The fourth-order valence-electron chi connectivity index (χ4n) is 3.29. The highest BCUT2D eigenvalue weighted by Gasteiger charge is 2.17. The first-order chi connectivity index (χ1) is 12.8. The van der Waals surface area contributed by atoms with Gasteiger partial charge in [0.05, 0.1) is 13.1 Å². The van der Waals surface area contributed by atoms with Crippen LogP contribution in [-0.2, 0) is 9.59 Å². The van der Waals surface area contributed by atoms with Gasteiger partial charge in [0.15, 0.2) is 13.1 Å². The fourth-order valence-corrected chi connectivity index (χ4v) is 3.29. The van der Waals surface area contributed by atoms with Crippen LogP contribution in [0, 0.1) is 20.8 Å². The van der Waals surface area contributed by atoms with Crippen molar-refractivity contribution in [2.45, 2.75) is 33.7 Å². The minimum Gasteiger partial charge on any atom is -0.345 e. The van der Waals surface area contributed by atoms with Crippen molar-refractivity contribution < 1.29 is 14.5 Å². The third kappa shape index (κ3) is 6.22. The molecule has 0 spiro atoms. The van der Waals surface area contributed by atoms with Gasteiger partial charge in [-0.25, -0.2) is 0 Å². The molecule has 2 aromatic rings. The highest BCUT2D eigenvalue weighted by Crippen LogP contribution is 2.21. The van der Waals surface area contributed by atoms with E-state index >= 15 is 0 Å². The second-order valence-electron chi connectivity index (χ2n) is 7.33. The average Bonchev–Trinajstić information content (AvgIpc) is 2.58. The van der Waals surface area contributed by atoms with Gasteiger partial charge in [-0.15, -0.1) is 0 Å². The molecule has 2 rings (SSSR count). The van der Waals surface area contributed by atoms with Gasteiger partial charge in [0.1, 0.15) is 0 Å². The molecule has 2 amide bonds. The van der Waals surface area contributed by atoms with Crippen molar-refractivity contribution in [1.29, 1.82) is 0 Å². The Bertz CT molecular complexity index is 779. The lowest BCUT2D eigenvalue weighted by atomic mass is 10.1. The molecule has 5 nitrogen and oxygen atoms in total. The summed E-state index contributed by atoms with van der Waals surface area (Å²) in [7, 11) is 1.85. The fraction of sp³-hybridized carbons (Fsp3) is 0.364. The molecule has 3 N–H and O–H groups in total. The van der Waals surface area contributed by atoms with Gasteiger partial charge in [-0.05, 0) is 44.4 Å². The Morgan fingerprint density at radius 1 is 0.963 bits per heavy atom. The zero-order chi connectivity index (χ0) is 20.0. The summed E-state index contributed by atoms with van der Waals surface area (Å²) in [6.07, 6.45) is 0. The number of aryl methyl sites for hydroxylation is 3. The number of hydrogen-bond donors (Lipinski definition) is 3. The van der Waals surface area contributed by atoms with Crippen LogP contribution in [0.1, 0.15) is 35.2 Å². The molecule has 0 fully saturated rings. The number of anilines is 1. The zero-order valence-corrected chi connectivity index (χ0v) is 16.8. The van der Waals surface area contributed by atoms with Gasteiger partial charge in [-0.2, -0.15) is 0 Å². The molecular weight excluding hydrogens is 338 g/mol. The van der Waals surface area contributed by atoms with Gasteiger partial charge in [0.2, 0.25) is 0 Å². The number of carbonyl (C=O) groups excluding carboxylic acids is 2. The molecule has 0 aliphatic carbocycles. The predicted molar refractivity (Wildman–Crippen MR) is 109 cm³/mol. The molecule has 2 aromatic carbocycles. The maximum absolute atomic E-state index is 12.4. The van der Waals surface area contributed by atoms with E-state index in [0.717, 1.165) is 27.3 Å². The van der Waals surface area contributed by atoms with Crippen molar-refractivity contribution in [2.24, 2.45) is 0 Å². The number of hydrogen-bond acceptors (Lipinski definition) is 2. The first-order valence-electron chi connectivity index (χ1n) is 9.29. The molecule has 2 atom stereocenters. The molecule has 5 heteroatoms. The SMILES string of the molecule is Cc1cc(C)c(NC(=O)C[NH+](C)CC(=O)N[C@@H](C)c2ccccc2)c(C)c1. The normalized spacial score (nSPS) is 12.9. The van der Waals surface area contributed by atoms with Crippen LogP contribution in [0.4, 0.5) is 5.69 Å². The second kappa shape index (κ2) is 9.33. The molecular formula is C22H30N3O2+. The standard InChI is InChI=1S/C22H29N3O2/c1-15-11-16(2)22(17(3)12-15)24-21(27)14-25(5)13-20(26)23-18(4)19-9-7-6-8-10-19/h6-12,18H,13-14H2,1-5H3,(H,23,26)(H,24,27)/p+1/t18-/m0/s1. The van der Waals surface area contributed by atoms with Gasteiger partial charge in [-0.3, -0.25) is 9.59 Å². The van der Waals surface area contributed by atoms with Gasteiger partial charge in [-0.1, -0.05) is 48.0 Å². The molecule has 0 saturated heterocycles. The van der Waals surface area contributed by atoms with Crippen molar-refractivity contribution in [3.8, 4) is 0 Å². The highest BCUT2D eigenvalue weighted by molar-refractivity contribution is 5.93. The molecule has 0 bridgehead atoms. The van der Waals surface area contributed by atoms with Crippen molar-refractivity contribution in [1.82, 2.24) is 5.32 Å². The Balaban J connectivity index is 1.85. The summed E-state index contributed by atoms with van der Waals surface area (Å²) in [4.78, 5) is 25.5. The number of likely N-dealkylation sites (N-methyl/N-ethyl adjacent to an activating group) is 1. The van der Waals surface area contributed by atoms with Crippen LogP contribution in [0.25, 0.3) is 0 Å². The van der Waals surface area contributed by atoms with Crippen LogP contribution in [0.3, 0.4) is 0 Å².